The van der Waals surface area contributed by atoms with Crippen LogP contribution in [-0.4, -0.2) is 51.6 Å². The van der Waals surface area contributed by atoms with Gasteiger partial charge < -0.3 is 12.6 Å². The van der Waals surface area contributed by atoms with Crippen molar-refractivity contribution in [1.82, 2.24) is 7.10 Å². The largest absolute Gasteiger partial charge is 0.568 e. The minimum absolute atomic E-state index is 0. The highest BCUT2D eigenvalue weighted by Crippen LogP contribution is 2.47. The summed E-state index contributed by atoms with van der Waals surface area (Å²) < 4.78 is 3.85. The van der Waals surface area contributed by atoms with Crippen LogP contribution in [0.4, 0.5) is 11.6 Å². The predicted molar refractivity (Wildman–Crippen MR) is 205 cm³/mol. The third kappa shape index (κ3) is 4.39. The number of rotatable bonds is 0. The predicted octanol–water partition coefficient (Wildman–Crippen LogP) is 8.87. The van der Waals surface area contributed by atoms with Gasteiger partial charge in [-0.1, -0.05) is 92.8 Å². The standard InChI is InChI=1S/C32H8Cl8N8.Al.H2O/c33-9-1-2-10(34)18-17(9)25-41-26(18)46-28-21-13(37)5-6-14(38)22(21)30(43-28)48-32-24-16(40)8-7-15(39)23(24)31(44-32)47-29-20-12(36)4-3-11(35)19(20)27(42-29)45-25;;/h1-8H;;1H2/q-2;+2;. The Bertz CT molecular complexity index is 2720. The number of benzene rings is 4. The van der Waals surface area contributed by atoms with E-state index in [-0.39, 0.29) is 28.8 Å². The zero-order chi connectivity index (χ0) is 33.6. The average Bonchev–Trinajstić information content (AvgIpc) is 3.79. The average molecular weight is 833 g/mol. The summed E-state index contributed by atoms with van der Waals surface area (Å²) in [6, 6.07) is 13.6. The number of aromatic nitrogens is 2. The van der Waals surface area contributed by atoms with Gasteiger partial charge in [-0.25, -0.2) is 30.0 Å². The molecule has 9 nitrogen and oxygen atoms in total. The molecule has 0 unspecified atom stereocenters. The molecule has 0 amide bonds. The number of fused-ring (bicyclic) bond motifs is 14. The fourth-order valence-electron chi connectivity index (χ4n) is 6.56. The highest BCUT2D eigenvalue weighted by atomic mass is 35.5. The molecule has 4 aliphatic rings. The SMILES string of the molecule is Clc1ccc(Cl)c2c1C1=NC2=Nc2c3c(Cl)ccc(Cl)c3c3[n]2[Al][n]2c(c4c(Cl)ccc(Cl)c4c2=NC2=NC(=N3)c3c(Cl)ccc(Cl)c32)=N1.O. The van der Waals surface area contributed by atoms with E-state index in [0.717, 1.165) is 0 Å². The molecule has 0 atom stereocenters. The molecule has 1 radical (unpaired) electrons. The number of nitrogens with zero attached hydrogens (tertiary/aromatic N) is 8. The summed E-state index contributed by atoms with van der Waals surface area (Å²) in [5, 5.41) is 5.27. The van der Waals surface area contributed by atoms with E-state index in [9.17, 15) is 0 Å². The van der Waals surface area contributed by atoms with E-state index in [2.05, 4.69) is 0 Å². The number of hydrogen-bond donors (Lipinski definition) is 0. The Hall–Kier alpha value is -2.95. The van der Waals surface area contributed by atoms with Gasteiger partial charge in [-0.3, -0.25) is 0 Å². The zero-order valence-electron chi connectivity index (χ0n) is 24.3. The van der Waals surface area contributed by atoms with Crippen LogP contribution in [-0.2, 0) is 0 Å². The minimum Gasteiger partial charge on any atom is -0.412 e. The molecule has 2 aromatic heterocycles. The van der Waals surface area contributed by atoms with Crippen LogP contribution < -0.4 is 11.0 Å². The van der Waals surface area contributed by atoms with Gasteiger partial charge in [-0.05, 0) is 48.5 Å². The van der Waals surface area contributed by atoms with Gasteiger partial charge in [0.2, 0.25) is 0 Å². The lowest BCUT2D eigenvalue weighted by Gasteiger charge is -2.11. The van der Waals surface area contributed by atoms with Crippen molar-refractivity contribution in [3.05, 3.63) is 122 Å². The summed E-state index contributed by atoms with van der Waals surface area (Å²) in [5.41, 5.74) is 2.89. The molecule has 4 aromatic carbocycles. The minimum atomic E-state index is -1.07. The molecule has 6 aromatic rings. The molecule has 0 spiro atoms. The number of halogens is 8. The lowest BCUT2D eigenvalue weighted by molar-refractivity contribution is 0.824. The number of aliphatic imine (C=N–C) groups is 4. The Balaban J connectivity index is 0.00000336. The summed E-state index contributed by atoms with van der Waals surface area (Å²) in [6.07, 6.45) is 0. The van der Waals surface area contributed by atoms with Crippen LogP contribution >= 0.6 is 92.8 Å². The number of hydrogen-bond acceptors (Lipinski definition) is 6. The van der Waals surface area contributed by atoms with Crippen molar-refractivity contribution >= 4 is 165 Å². The fraction of sp³-hybridized carbons (Fsp3) is 0. The summed E-state index contributed by atoms with van der Waals surface area (Å²) in [5.74, 6) is 1.97. The van der Waals surface area contributed by atoms with E-state index in [1.807, 2.05) is 7.10 Å². The maximum absolute atomic E-state index is 6.99. The van der Waals surface area contributed by atoms with Gasteiger partial charge in [-0.2, -0.15) is 0 Å². The van der Waals surface area contributed by atoms with Gasteiger partial charge in [0, 0.05) is 21.5 Å². The van der Waals surface area contributed by atoms with E-state index in [1.54, 1.807) is 48.5 Å². The molecule has 50 heavy (non-hydrogen) atoms. The second-order valence-corrected chi connectivity index (χ2v) is 15.8. The topological polar surface area (TPSA) is 116 Å². The van der Waals surface area contributed by atoms with Crippen LogP contribution in [0.1, 0.15) is 22.3 Å². The van der Waals surface area contributed by atoms with Crippen molar-refractivity contribution in [1.29, 1.82) is 0 Å². The quantitative estimate of drug-likeness (QED) is 0.136. The van der Waals surface area contributed by atoms with Gasteiger partial charge >= 0.3 is 15.7 Å². The molecule has 0 fully saturated rings. The second kappa shape index (κ2) is 11.5. The Kier molecular flexibility index (Phi) is 7.59. The molecule has 0 saturated heterocycles. The highest BCUT2D eigenvalue weighted by Gasteiger charge is 2.35. The smallest absolute Gasteiger partial charge is 0.412 e. The van der Waals surface area contributed by atoms with E-state index < -0.39 is 15.7 Å². The summed E-state index contributed by atoms with van der Waals surface area (Å²) in [7, 11) is 0. The molecule has 2 N–H and O–H groups in total. The van der Waals surface area contributed by atoms with Crippen molar-refractivity contribution < 1.29 is 5.48 Å². The second-order valence-electron chi connectivity index (χ2n) is 11.2. The van der Waals surface area contributed by atoms with Crippen LogP contribution in [0.15, 0.2) is 78.5 Å². The van der Waals surface area contributed by atoms with E-state index in [0.29, 0.717) is 107 Å². The Morgan fingerprint density at radius 3 is 1.02 bits per heavy atom. The van der Waals surface area contributed by atoms with Gasteiger partial charge in [0.25, 0.3) is 0 Å². The number of amidine groups is 4. The first-order valence-corrected chi connectivity index (χ1v) is 18.3. The third-order valence-electron chi connectivity index (χ3n) is 8.62. The van der Waals surface area contributed by atoms with E-state index >= 15 is 0 Å². The van der Waals surface area contributed by atoms with Crippen LogP contribution in [0.2, 0.25) is 40.2 Å². The summed E-state index contributed by atoms with van der Waals surface area (Å²) in [4.78, 5) is 30.3. The Morgan fingerprint density at radius 1 is 0.360 bits per heavy atom. The van der Waals surface area contributed by atoms with Crippen LogP contribution in [0.3, 0.4) is 0 Å². The van der Waals surface area contributed by atoms with Crippen molar-refractivity contribution in [2.75, 3.05) is 0 Å². The van der Waals surface area contributed by atoms with Crippen molar-refractivity contribution in [2.24, 2.45) is 30.0 Å². The molecule has 6 bridgehead atoms. The normalized spacial score (nSPS) is 14.8. The lowest BCUT2D eigenvalue weighted by Crippen LogP contribution is -2.36. The Morgan fingerprint density at radius 2 is 0.660 bits per heavy atom. The molecular formula is C32H10AlCl8N8O. The first kappa shape index (κ1) is 32.9. The third-order valence-corrected chi connectivity index (χ3v) is 12.6. The van der Waals surface area contributed by atoms with Gasteiger partial charge in [0.05, 0.1) is 62.4 Å². The van der Waals surface area contributed by atoms with Gasteiger partial charge in [0.15, 0.2) is 23.3 Å². The first-order chi connectivity index (χ1) is 23.6. The molecule has 243 valence electrons. The molecule has 18 heteroatoms. The zero-order valence-corrected chi connectivity index (χ0v) is 31.5. The molecule has 6 heterocycles. The van der Waals surface area contributed by atoms with Crippen LogP contribution in [0.25, 0.3) is 21.5 Å². The first-order valence-electron chi connectivity index (χ1n) is 14.2. The van der Waals surface area contributed by atoms with E-state index in [4.69, 9.17) is 123 Å². The molecule has 0 aliphatic carbocycles. The van der Waals surface area contributed by atoms with Gasteiger partial charge in [0.1, 0.15) is 22.6 Å². The molecule has 4 aliphatic heterocycles. The summed E-state index contributed by atoms with van der Waals surface area (Å²) >= 11 is 54.2. The summed E-state index contributed by atoms with van der Waals surface area (Å²) in [6.45, 7) is 0. The van der Waals surface area contributed by atoms with Crippen molar-refractivity contribution in [3.8, 4) is 0 Å². The Labute approximate surface area is 326 Å². The van der Waals surface area contributed by atoms with E-state index in [1.165, 1.54) is 0 Å². The maximum Gasteiger partial charge on any atom is 0.568 e. The van der Waals surface area contributed by atoms with Gasteiger partial charge in [-0.15, -0.1) is 0 Å². The monoisotopic (exact) mass is 829 g/mol. The molecule has 0 saturated carbocycles. The highest BCUT2D eigenvalue weighted by molar-refractivity contribution is 6.48. The van der Waals surface area contributed by atoms with Crippen molar-refractivity contribution in [2.45, 2.75) is 0 Å². The van der Waals surface area contributed by atoms with Crippen LogP contribution in [0, 0.1) is 0 Å². The molecular weight excluding hydrogens is 823 g/mol. The molecule has 10 rings (SSSR count). The van der Waals surface area contributed by atoms with Crippen LogP contribution in [0.5, 0.6) is 0 Å². The van der Waals surface area contributed by atoms with Crippen molar-refractivity contribution in [3.63, 3.8) is 0 Å². The maximum atomic E-state index is 6.99. The lowest BCUT2D eigenvalue weighted by atomic mass is 10.1. The fourth-order valence-corrected chi connectivity index (χ4v) is 9.91.